The average molecular weight is 246 g/mol. The van der Waals surface area contributed by atoms with Gasteiger partial charge in [0.1, 0.15) is 6.07 Å². The molecule has 5 nitrogen and oxygen atoms in total. The standard InChI is InChI=1S/C13H18N4O/c1-10-2-4-13(18,5-3-10)9-17-12-11(8-14)15-6-7-16-12/h6-7,10,18H,2-5,9H2,1H3,(H,16,17). The molecule has 1 heterocycles. The van der Waals surface area contributed by atoms with E-state index in [1.165, 1.54) is 12.4 Å². The molecule has 0 aromatic carbocycles. The second-order valence-electron chi connectivity index (χ2n) is 5.13. The van der Waals surface area contributed by atoms with Crippen LogP contribution >= 0.6 is 0 Å². The van der Waals surface area contributed by atoms with Crippen LogP contribution in [-0.2, 0) is 0 Å². The van der Waals surface area contributed by atoms with Gasteiger partial charge in [-0.2, -0.15) is 5.26 Å². The first-order valence-corrected chi connectivity index (χ1v) is 6.30. The van der Waals surface area contributed by atoms with Crippen molar-refractivity contribution in [2.24, 2.45) is 5.92 Å². The van der Waals surface area contributed by atoms with E-state index >= 15 is 0 Å². The van der Waals surface area contributed by atoms with Gasteiger partial charge in [0, 0.05) is 18.9 Å². The third kappa shape index (κ3) is 2.96. The second kappa shape index (κ2) is 5.32. The van der Waals surface area contributed by atoms with Gasteiger partial charge in [-0.3, -0.25) is 0 Å². The summed E-state index contributed by atoms with van der Waals surface area (Å²) in [6.07, 6.45) is 6.71. The third-order valence-corrected chi connectivity index (χ3v) is 3.59. The lowest BCUT2D eigenvalue weighted by atomic mass is 9.79. The summed E-state index contributed by atoms with van der Waals surface area (Å²) in [5, 5.41) is 22.4. The van der Waals surface area contributed by atoms with E-state index in [4.69, 9.17) is 5.26 Å². The van der Waals surface area contributed by atoms with Crippen LogP contribution < -0.4 is 5.32 Å². The van der Waals surface area contributed by atoms with Crippen molar-refractivity contribution < 1.29 is 5.11 Å². The SMILES string of the molecule is CC1CCC(O)(CNc2nccnc2C#N)CC1. The number of nitrogens with zero attached hydrogens (tertiary/aromatic N) is 3. The first kappa shape index (κ1) is 12.8. The number of rotatable bonds is 3. The molecule has 0 amide bonds. The average Bonchev–Trinajstić information content (AvgIpc) is 2.41. The molecule has 2 N–H and O–H groups in total. The molecule has 0 aliphatic heterocycles. The van der Waals surface area contributed by atoms with Crippen molar-refractivity contribution in [1.82, 2.24) is 9.97 Å². The lowest BCUT2D eigenvalue weighted by molar-refractivity contribution is 0.00494. The molecule has 2 rings (SSSR count). The maximum absolute atomic E-state index is 10.4. The molecule has 0 bridgehead atoms. The van der Waals surface area contributed by atoms with Gasteiger partial charge in [0.25, 0.3) is 0 Å². The molecule has 1 fully saturated rings. The topological polar surface area (TPSA) is 81.8 Å². The Morgan fingerprint density at radius 3 is 2.78 bits per heavy atom. The Kier molecular flexibility index (Phi) is 3.78. The lowest BCUT2D eigenvalue weighted by Gasteiger charge is -2.35. The van der Waals surface area contributed by atoms with E-state index in [9.17, 15) is 5.11 Å². The summed E-state index contributed by atoms with van der Waals surface area (Å²) >= 11 is 0. The van der Waals surface area contributed by atoms with Crippen LogP contribution in [0.1, 0.15) is 38.3 Å². The van der Waals surface area contributed by atoms with Crippen molar-refractivity contribution in [2.45, 2.75) is 38.2 Å². The van der Waals surface area contributed by atoms with E-state index < -0.39 is 5.60 Å². The van der Waals surface area contributed by atoms with E-state index in [1.54, 1.807) is 0 Å². The summed E-state index contributed by atoms with van der Waals surface area (Å²) in [6.45, 7) is 2.64. The molecule has 1 aliphatic carbocycles. The highest BCUT2D eigenvalue weighted by Crippen LogP contribution is 2.31. The van der Waals surface area contributed by atoms with Crippen LogP contribution in [0.15, 0.2) is 12.4 Å². The summed E-state index contributed by atoms with van der Waals surface area (Å²) in [6, 6.07) is 1.99. The van der Waals surface area contributed by atoms with E-state index in [0.29, 0.717) is 18.3 Å². The van der Waals surface area contributed by atoms with E-state index in [1.807, 2.05) is 6.07 Å². The maximum atomic E-state index is 10.4. The highest BCUT2D eigenvalue weighted by atomic mass is 16.3. The van der Waals surface area contributed by atoms with Crippen LogP contribution in [0.25, 0.3) is 0 Å². The molecule has 0 spiro atoms. The van der Waals surface area contributed by atoms with Gasteiger partial charge in [-0.05, 0) is 31.6 Å². The minimum absolute atomic E-state index is 0.269. The van der Waals surface area contributed by atoms with Crippen LogP contribution in [0.3, 0.4) is 0 Å². The zero-order valence-corrected chi connectivity index (χ0v) is 10.6. The van der Waals surface area contributed by atoms with E-state index in [-0.39, 0.29) is 5.69 Å². The quantitative estimate of drug-likeness (QED) is 0.848. The molecule has 96 valence electrons. The second-order valence-corrected chi connectivity index (χ2v) is 5.13. The van der Waals surface area contributed by atoms with Crippen molar-refractivity contribution in [3.8, 4) is 6.07 Å². The van der Waals surface area contributed by atoms with Gasteiger partial charge >= 0.3 is 0 Å². The zero-order chi connectivity index (χ0) is 13.0. The number of hydrogen-bond donors (Lipinski definition) is 2. The number of aromatic nitrogens is 2. The Hall–Kier alpha value is -1.67. The van der Waals surface area contributed by atoms with Crippen LogP contribution in [0, 0.1) is 17.2 Å². The lowest BCUT2D eigenvalue weighted by Crippen LogP contribution is -2.40. The molecule has 1 aromatic rings. The molecule has 1 aromatic heterocycles. The minimum atomic E-state index is -0.684. The predicted molar refractivity (Wildman–Crippen MR) is 67.8 cm³/mol. The summed E-state index contributed by atoms with van der Waals surface area (Å²) in [5.41, 5.74) is -0.415. The van der Waals surface area contributed by atoms with Gasteiger partial charge < -0.3 is 10.4 Å². The molecule has 0 atom stereocenters. The number of nitriles is 1. The molecule has 1 aliphatic rings. The highest BCUT2D eigenvalue weighted by Gasteiger charge is 2.31. The molecule has 0 radical (unpaired) electrons. The summed E-state index contributed by atoms with van der Waals surface area (Å²) in [4.78, 5) is 8.00. The van der Waals surface area contributed by atoms with Gasteiger partial charge in [-0.25, -0.2) is 9.97 Å². The van der Waals surface area contributed by atoms with Crippen LogP contribution in [0.4, 0.5) is 5.82 Å². The third-order valence-electron chi connectivity index (χ3n) is 3.59. The van der Waals surface area contributed by atoms with Crippen LogP contribution in [0.2, 0.25) is 0 Å². The molecule has 18 heavy (non-hydrogen) atoms. The van der Waals surface area contributed by atoms with E-state index in [0.717, 1.165) is 25.7 Å². The van der Waals surface area contributed by atoms with Crippen molar-refractivity contribution in [1.29, 1.82) is 5.26 Å². The fraction of sp³-hybridized carbons (Fsp3) is 0.615. The monoisotopic (exact) mass is 246 g/mol. The molecule has 0 unspecified atom stereocenters. The number of hydrogen-bond acceptors (Lipinski definition) is 5. The van der Waals surface area contributed by atoms with Gasteiger partial charge in [0.05, 0.1) is 5.60 Å². The zero-order valence-electron chi connectivity index (χ0n) is 10.6. The van der Waals surface area contributed by atoms with Crippen molar-refractivity contribution in [2.75, 3.05) is 11.9 Å². The molecular weight excluding hydrogens is 228 g/mol. The van der Waals surface area contributed by atoms with Gasteiger partial charge in [0.15, 0.2) is 11.5 Å². The summed E-state index contributed by atoms with van der Waals surface area (Å²) in [7, 11) is 0. The highest BCUT2D eigenvalue weighted by molar-refractivity contribution is 5.46. The smallest absolute Gasteiger partial charge is 0.182 e. The fourth-order valence-electron chi connectivity index (χ4n) is 2.27. The molecular formula is C13H18N4O. The van der Waals surface area contributed by atoms with Gasteiger partial charge in [0.2, 0.25) is 0 Å². The Labute approximate surface area is 107 Å². The van der Waals surface area contributed by atoms with Gasteiger partial charge in [-0.1, -0.05) is 6.92 Å². The maximum Gasteiger partial charge on any atom is 0.182 e. The molecule has 1 saturated carbocycles. The molecule has 5 heteroatoms. The van der Waals surface area contributed by atoms with Gasteiger partial charge in [-0.15, -0.1) is 0 Å². The Balaban J connectivity index is 1.97. The number of nitrogens with one attached hydrogen (secondary N) is 1. The summed E-state index contributed by atoms with van der Waals surface area (Å²) < 4.78 is 0. The van der Waals surface area contributed by atoms with E-state index in [2.05, 4.69) is 22.2 Å². The first-order chi connectivity index (χ1) is 8.63. The van der Waals surface area contributed by atoms with Crippen LogP contribution in [0.5, 0.6) is 0 Å². The largest absolute Gasteiger partial charge is 0.388 e. The minimum Gasteiger partial charge on any atom is -0.388 e. The Bertz CT molecular complexity index is 447. The van der Waals surface area contributed by atoms with Crippen molar-refractivity contribution in [3.63, 3.8) is 0 Å². The first-order valence-electron chi connectivity index (χ1n) is 6.30. The number of aliphatic hydroxyl groups is 1. The number of anilines is 1. The summed E-state index contributed by atoms with van der Waals surface area (Å²) in [5.74, 6) is 1.14. The molecule has 0 saturated heterocycles. The predicted octanol–water partition coefficient (Wildman–Crippen LogP) is 1.70. The van der Waals surface area contributed by atoms with Crippen LogP contribution in [-0.4, -0.2) is 27.2 Å². The Morgan fingerprint density at radius 1 is 1.44 bits per heavy atom. The normalized spacial score (nSPS) is 27.5. The van der Waals surface area contributed by atoms with Crippen molar-refractivity contribution in [3.05, 3.63) is 18.1 Å². The Morgan fingerprint density at radius 2 is 2.11 bits per heavy atom. The van der Waals surface area contributed by atoms with Crippen molar-refractivity contribution >= 4 is 5.82 Å². The fourth-order valence-corrected chi connectivity index (χ4v) is 2.27.